The van der Waals surface area contributed by atoms with Crippen LogP contribution in [0.25, 0.3) is 14.5 Å². The molecule has 0 saturated carbocycles. The molecule has 0 amide bonds. The van der Waals surface area contributed by atoms with Crippen LogP contribution in [0.1, 0.15) is 136 Å². The molecule has 0 aromatic heterocycles. The van der Waals surface area contributed by atoms with Crippen molar-refractivity contribution in [2.24, 2.45) is 0 Å². The minimum atomic E-state index is -5.79. The van der Waals surface area contributed by atoms with Gasteiger partial charge in [-0.3, -0.25) is 18.6 Å². The third-order valence-corrected chi connectivity index (χ3v) is 16.7. The van der Waals surface area contributed by atoms with Crippen molar-refractivity contribution in [2.45, 2.75) is 232 Å². The van der Waals surface area contributed by atoms with Gasteiger partial charge in [-0.05, 0) is 57.8 Å². The van der Waals surface area contributed by atoms with E-state index in [9.17, 15) is 41.1 Å². The molecule has 0 radical (unpaired) electrons. The summed E-state index contributed by atoms with van der Waals surface area (Å²) >= 11 is 2.37. The number of carbonyl (C=O) groups excluding carboxylic acids is 3. The predicted octanol–water partition coefficient (Wildman–Crippen LogP) is 1.44. The number of fused-ring (bicyclic) bond motifs is 3. The SMILES string of the molecule is [C-]#[N+][C@H](C)C[C@H]1CC[C@@H]2O[C@@H](CCC(=O)OC)C[C@]2(CI)O1.[C-]#[N+][C@H](C)C[C@H]1CC[C@@H]2O[C@@H](CCC(=O)OC)C[C@]2(CO)O1.[C-]#[N+][C@H](C)C[C@H]1CC[C@@H]2O[C@@H](CCC(=O)OC)C[C@]2(COS(=O)(=O)C(F)(F)F)O1.[I-].[Na+]. The van der Waals surface area contributed by atoms with E-state index in [4.69, 9.17) is 52.9 Å². The molecule has 6 heterocycles. The molecule has 0 aromatic rings. The third-order valence-electron chi connectivity index (χ3n) is 14.4. The summed E-state index contributed by atoms with van der Waals surface area (Å²) in [5, 5.41) is 9.85. The summed E-state index contributed by atoms with van der Waals surface area (Å²) in [6.45, 7) is 25.8. The Morgan fingerprint density at radius 2 is 0.947 bits per heavy atom. The van der Waals surface area contributed by atoms with Crippen LogP contribution in [-0.4, -0.2) is 166 Å². The second kappa shape index (κ2) is 32.3. The number of halogens is 5. The first-order valence-electron chi connectivity index (χ1n) is 24.9. The number of ether oxygens (including phenoxy) is 9. The van der Waals surface area contributed by atoms with E-state index < -0.39 is 57.7 Å². The quantitative estimate of drug-likeness (QED) is 0.0267. The largest absolute Gasteiger partial charge is 1.00 e. The Hall–Kier alpha value is -1.24. The normalized spacial score (nSPS) is 32.8. The number of nitrogens with zero attached hydrogens (tertiary/aromatic N) is 3. The van der Waals surface area contributed by atoms with Gasteiger partial charge < -0.3 is 86.2 Å². The Morgan fingerprint density at radius 1 is 0.627 bits per heavy atom. The Kier molecular flexibility index (Phi) is 30.1. The van der Waals surface area contributed by atoms with Crippen LogP contribution in [0.2, 0.25) is 0 Å². The first kappa shape index (κ1) is 69.9. The first-order valence-corrected chi connectivity index (χ1v) is 27.8. The van der Waals surface area contributed by atoms with Crippen LogP contribution < -0.4 is 53.5 Å². The van der Waals surface area contributed by atoms with Gasteiger partial charge in [0, 0.05) is 83.0 Å². The molecule has 0 aromatic carbocycles. The van der Waals surface area contributed by atoms with Crippen LogP contribution in [0.15, 0.2) is 0 Å². The van der Waals surface area contributed by atoms with Crippen molar-refractivity contribution in [1.82, 2.24) is 0 Å². The van der Waals surface area contributed by atoms with Crippen LogP contribution in [0, 0.1) is 19.7 Å². The molecule has 6 aliphatic rings. The number of esters is 3. The number of aliphatic hydroxyl groups excluding tert-OH is 1. The van der Waals surface area contributed by atoms with Gasteiger partial charge in [0.05, 0.1) is 89.5 Å². The molecule has 0 unspecified atom stereocenters. The molecule has 422 valence electrons. The Morgan fingerprint density at radius 3 is 1.28 bits per heavy atom. The average Bonchev–Trinajstić information content (AvgIpc) is 4.06. The molecule has 0 bridgehead atoms. The number of rotatable bonds is 20. The van der Waals surface area contributed by atoms with Crippen molar-refractivity contribution >= 4 is 50.6 Å². The summed E-state index contributed by atoms with van der Waals surface area (Å²) in [7, 11) is -1.77. The summed E-state index contributed by atoms with van der Waals surface area (Å²) in [5.74, 6) is -0.897. The number of carbonyl (C=O) groups is 3. The standard InChI is InChI=1S/C17H24F3NO7S.C16H24INO4.C16H25NO5.HI.Na/c1-11(21-2)8-12-4-6-14-16(28-12,10-26-29(23,24)17(18,19)20)9-13(27-14)5-7-15(22)25-3;1-11(18-2)8-12-4-6-14-16(10-17,22-12)9-13(21-14)5-7-15(19)20-3;1-11(17-2)8-12-4-6-14-16(10-18,22-12)9-13(21-14)5-7-15(19)20-3;;/h11-14H,4-10H2,1,3H3;11-14H,4-10H2,1,3H3;11-14,18H,4-10H2,1,3H3;1H;/q;;;;+1/p-1/t3*11-,12-,13+,14+,16-;;/m111../s1. The van der Waals surface area contributed by atoms with Crippen LogP contribution in [0.4, 0.5) is 13.2 Å². The summed E-state index contributed by atoms with van der Waals surface area (Å²) in [5.41, 5.74) is -7.86. The maximum atomic E-state index is 12.7. The van der Waals surface area contributed by atoms with E-state index in [1.54, 1.807) is 6.92 Å². The molecule has 1 N–H and O–H groups in total. The molecule has 6 fully saturated rings. The van der Waals surface area contributed by atoms with Gasteiger partial charge in [-0.25, -0.2) is 19.7 Å². The maximum Gasteiger partial charge on any atom is 1.00 e. The van der Waals surface area contributed by atoms with Crippen LogP contribution in [-0.2, 0) is 71.3 Å². The van der Waals surface area contributed by atoms with Gasteiger partial charge in [0.15, 0.2) is 0 Å². The smallest absolute Gasteiger partial charge is 1.00 e. The van der Waals surface area contributed by atoms with Crippen molar-refractivity contribution in [1.29, 1.82) is 0 Å². The van der Waals surface area contributed by atoms with Crippen LogP contribution in [0.3, 0.4) is 0 Å². The number of alkyl halides is 4. The Balaban J connectivity index is 0.000000385. The van der Waals surface area contributed by atoms with E-state index in [1.165, 1.54) is 21.3 Å². The third kappa shape index (κ3) is 20.1. The van der Waals surface area contributed by atoms with E-state index in [1.807, 2.05) is 13.8 Å². The molecule has 0 spiro atoms. The zero-order valence-corrected chi connectivity index (χ0v) is 51.1. The molecule has 75 heavy (non-hydrogen) atoms. The van der Waals surface area contributed by atoms with E-state index in [0.29, 0.717) is 57.8 Å². The van der Waals surface area contributed by atoms with Gasteiger partial charge in [0.25, 0.3) is 0 Å². The molecular weight excluding hydrogens is 1250 g/mol. The zero-order valence-electron chi connectivity index (χ0n) is 44.0. The molecule has 19 nitrogen and oxygen atoms in total. The van der Waals surface area contributed by atoms with Crippen molar-refractivity contribution in [3.05, 3.63) is 34.3 Å². The van der Waals surface area contributed by atoms with E-state index in [0.717, 1.165) is 43.0 Å². The van der Waals surface area contributed by atoms with Crippen molar-refractivity contribution < 1.29 is 141 Å². The van der Waals surface area contributed by atoms with Crippen molar-refractivity contribution in [3.8, 4) is 0 Å². The fourth-order valence-corrected chi connectivity index (χ4v) is 12.0. The Bertz CT molecular complexity index is 1990. The first-order chi connectivity index (χ1) is 34.5. The fraction of sp³-hybridized carbons (Fsp3) is 0.878. The Labute approximate surface area is 493 Å². The molecule has 6 rings (SSSR count). The molecule has 26 heteroatoms. The van der Waals surface area contributed by atoms with Crippen molar-refractivity contribution in [2.75, 3.05) is 39.0 Å². The fourth-order valence-electron chi connectivity index (χ4n) is 10.6. The average molecular weight is 1330 g/mol. The van der Waals surface area contributed by atoms with E-state index >= 15 is 0 Å². The molecule has 6 saturated heterocycles. The summed E-state index contributed by atoms with van der Waals surface area (Å²) in [4.78, 5) is 44.4. The van der Waals surface area contributed by atoms with Gasteiger partial charge in [-0.2, -0.15) is 21.6 Å². The zero-order chi connectivity index (χ0) is 54.2. The van der Waals surface area contributed by atoms with Gasteiger partial charge in [0.2, 0.25) is 18.1 Å². The monoisotopic (exact) mass is 1330 g/mol. The van der Waals surface area contributed by atoms with Gasteiger partial charge >= 0.3 is 63.1 Å². The summed E-state index contributed by atoms with van der Waals surface area (Å²) in [6, 6.07) is -0.425. The van der Waals surface area contributed by atoms with E-state index in [-0.39, 0.29) is 152 Å². The molecule has 0 aliphatic carbocycles. The second-order valence-corrected chi connectivity index (χ2v) is 22.3. The van der Waals surface area contributed by atoms with Crippen molar-refractivity contribution in [3.63, 3.8) is 0 Å². The van der Waals surface area contributed by atoms with Crippen LogP contribution in [0.5, 0.6) is 0 Å². The minimum Gasteiger partial charge on any atom is -1.00 e. The topological polar surface area (TPSA) is 211 Å². The number of methoxy groups -OCH3 is 3. The molecule has 6 aliphatic heterocycles. The minimum absolute atomic E-state index is 0. The summed E-state index contributed by atoms with van der Waals surface area (Å²) in [6.07, 6.45) is 8.63. The molecule has 15 atom stereocenters. The van der Waals surface area contributed by atoms with Gasteiger partial charge in [-0.15, -0.1) is 0 Å². The maximum absolute atomic E-state index is 12.7. The second-order valence-electron chi connectivity index (χ2n) is 19.9. The van der Waals surface area contributed by atoms with Gasteiger partial charge in [0.1, 0.15) is 16.8 Å². The molecular formula is C49H73F3I2N3NaO16S. The number of hydrogen-bond acceptors (Lipinski definition) is 16. The van der Waals surface area contributed by atoms with Crippen LogP contribution >= 0.6 is 22.6 Å². The van der Waals surface area contributed by atoms with E-state index in [2.05, 4.69) is 50.8 Å². The summed E-state index contributed by atoms with van der Waals surface area (Å²) < 4.78 is 116. The number of hydrogen-bond donors (Lipinski definition) is 1. The number of aliphatic hydroxyl groups is 1. The van der Waals surface area contributed by atoms with Gasteiger partial charge in [-0.1, -0.05) is 22.6 Å². The predicted molar refractivity (Wildman–Crippen MR) is 263 cm³/mol.